The standard InChI is InChI=1S/C18H29FN4O.HI/c1-3-20-18(21-9-8-16-6-4-5-7-17(16)19)22-14-15(2)23-10-12-24-13-11-23;/h4-7,15H,3,8-14H2,1-2H3,(H2,20,21,22);1H. The van der Waals surface area contributed by atoms with Gasteiger partial charge in [-0.3, -0.25) is 9.89 Å². The predicted molar refractivity (Wildman–Crippen MR) is 111 cm³/mol. The maximum Gasteiger partial charge on any atom is 0.191 e. The highest BCUT2D eigenvalue weighted by molar-refractivity contribution is 14.0. The third-order valence-electron chi connectivity index (χ3n) is 4.17. The van der Waals surface area contributed by atoms with Gasteiger partial charge < -0.3 is 15.4 Å². The summed E-state index contributed by atoms with van der Waals surface area (Å²) in [4.78, 5) is 7.06. The molecule has 1 aliphatic rings. The van der Waals surface area contributed by atoms with Crippen molar-refractivity contribution in [3.8, 4) is 0 Å². The van der Waals surface area contributed by atoms with Crippen LogP contribution in [0.15, 0.2) is 29.3 Å². The Morgan fingerprint density at radius 2 is 2.00 bits per heavy atom. The monoisotopic (exact) mass is 464 g/mol. The van der Waals surface area contributed by atoms with Crippen LogP contribution in [0.2, 0.25) is 0 Å². The largest absolute Gasteiger partial charge is 0.379 e. The summed E-state index contributed by atoms with van der Waals surface area (Å²) in [6.45, 7) is 9.95. The van der Waals surface area contributed by atoms with Crippen LogP contribution in [0.25, 0.3) is 0 Å². The summed E-state index contributed by atoms with van der Waals surface area (Å²) in [5.74, 6) is 0.635. The molecule has 0 aliphatic carbocycles. The highest BCUT2D eigenvalue weighted by atomic mass is 127. The number of halogens is 2. The highest BCUT2D eigenvalue weighted by Gasteiger charge is 2.16. The summed E-state index contributed by atoms with van der Waals surface area (Å²) >= 11 is 0. The van der Waals surface area contributed by atoms with Crippen LogP contribution in [0, 0.1) is 5.82 Å². The van der Waals surface area contributed by atoms with Crippen molar-refractivity contribution in [3.05, 3.63) is 35.6 Å². The zero-order chi connectivity index (χ0) is 17.2. The molecule has 25 heavy (non-hydrogen) atoms. The summed E-state index contributed by atoms with van der Waals surface area (Å²) in [5, 5.41) is 6.53. The van der Waals surface area contributed by atoms with Crippen LogP contribution >= 0.6 is 24.0 Å². The summed E-state index contributed by atoms with van der Waals surface area (Å²) in [5.41, 5.74) is 0.725. The summed E-state index contributed by atoms with van der Waals surface area (Å²) in [7, 11) is 0. The zero-order valence-electron chi connectivity index (χ0n) is 15.1. The van der Waals surface area contributed by atoms with E-state index in [1.807, 2.05) is 19.1 Å². The Bertz CT molecular complexity index is 524. The molecule has 1 saturated heterocycles. The second-order valence-electron chi connectivity index (χ2n) is 5.99. The van der Waals surface area contributed by atoms with E-state index in [9.17, 15) is 4.39 Å². The number of nitrogens with one attached hydrogen (secondary N) is 2. The summed E-state index contributed by atoms with van der Waals surface area (Å²) in [6, 6.07) is 7.28. The van der Waals surface area contributed by atoms with Crippen molar-refractivity contribution in [2.24, 2.45) is 4.99 Å². The fourth-order valence-corrected chi connectivity index (χ4v) is 2.72. The Hall–Kier alpha value is -0.930. The topological polar surface area (TPSA) is 48.9 Å². The Morgan fingerprint density at radius 3 is 2.68 bits per heavy atom. The number of ether oxygens (including phenoxy) is 1. The van der Waals surface area contributed by atoms with Gasteiger partial charge in [0.05, 0.1) is 19.8 Å². The molecular formula is C18H30FIN4O. The van der Waals surface area contributed by atoms with Gasteiger partial charge in [0.25, 0.3) is 0 Å². The van der Waals surface area contributed by atoms with Crippen molar-refractivity contribution in [1.82, 2.24) is 15.5 Å². The van der Waals surface area contributed by atoms with Crippen molar-refractivity contribution < 1.29 is 9.13 Å². The van der Waals surface area contributed by atoms with Gasteiger partial charge in [0, 0.05) is 32.2 Å². The fraction of sp³-hybridized carbons (Fsp3) is 0.611. The molecule has 0 aromatic heterocycles. The number of morpholine rings is 1. The van der Waals surface area contributed by atoms with E-state index in [2.05, 4.69) is 27.4 Å². The molecule has 1 fully saturated rings. The molecule has 7 heteroatoms. The van der Waals surface area contributed by atoms with E-state index in [-0.39, 0.29) is 29.8 Å². The Balaban J connectivity index is 0.00000312. The third kappa shape index (κ3) is 7.87. The number of hydrogen-bond acceptors (Lipinski definition) is 3. The van der Waals surface area contributed by atoms with Gasteiger partial charge >= 0.3 is 0 Å². The quantitative estimate of drug-likeness (QED) is 0.370. The first-order valence-corrected chi connectivity index (χ1v) is 8.78. The van der Waals surface area contributed by atoms with Crippen LogP contribution in [-0.4, -0.2) is 62.8 Å². The summed E-state index contributed by atoms with van der Waals surface area (Å²) < 4.78 is 19.0. The molecule has 0 radical (unpaired) electrons. The Morgan fingerprint density at radius 1 is 1.28 bits per heavy atom. The molecular weight excluding hydrogens is 434 g/mol. The van der Waals surface area contributed by atoms with Gasteiger partial charge in [-0.25, -0.2) is 4.39 Å². The minimum Gasteiger partial charge on any atom is -0.379 e. The van der Waals surface area contributed by atoms with E-state index >= 15 is 0 Å². The van der Waals surface area contributed by atoms with Crippen molar-refractivity contribution in [1.29, 1.82) is 0 Å². The van der Waals surface area contributed by atoms with E-state index in [0.29, 0.717) is 19.0 Å². The normalized spacial score (nSPS) is 16.8. The second-order valence-corrected chi connectivity index (χ2v) is 5.99. The SMILES string of the molecule is CCNC(=NCC(C)N1CCOCC1)NCCc1ccccc1F.I. The van der Waals surface area contributed by atoms with Crippen LogP contribution in [0.1, 0.15) is 19.4 Å². The molecule has 0 bridgehead atoms. The molecule has 142 valence electrons. The lowest BCUT2D eigenvalue weighted by Crippen LogP contribution is -2.44. The molecule has 1 aliphatic heterocycles. The Kier molecular flexibility index (Phi) is 11.0. The number of aliphatic imine (C=N–C) groups is 1. The van der Waals surface area contributed by atoms with Gasteiger partial charge in [-0.2, -0.15) is 0 Å². The lowest BCUT2D eigenvalue weighted by Gasteiger charge is -2.31. The van der Waals surface area contributed by atoms with Crippen LogP contribution in [0.5, 0.6) is 0 Å². The van der Waals surface area contributed by atoms with Crippen molar-refractivity contribution in [2.75, 3.05) is 45.9 Å². The molecule has 1 aromatic carbocycles. The van der Waals surface area contributed by atoms with E-state index in [1.165, 1.54) is 6.07 Å². The van der Waals surface area contributed by atoms with Crippen LogP contribution in [0.3, 0.4) is 0 Å². The average molecular weight is 464 g/mol. The average Bonchev–Trinajstić information content (AvgIpc) is 2.61. The van der Waals surface area contributed by atoms with E-state index in [4.69, 9.17) is 4.74 Å². The lowest BCUT2D eigenvalue weighted by atomic mass is 10.1. The zero-order valence-corrected chi connectivity index (χ0v) is 17.5. The fourth-order valence-electron chi connectivity index (χ4n) is 2.72. The number of nitrogens with zero attached hydrogens (tertiary/aromatic N) is 2. The maximum atomic E-state index is 13.6. The van der Waals surface area contributed by atoms with Crippen molar-refractivity contribution in [3.63, 3.8) is 0 Å². The molecule has 0 saturated carbocycles. The van der Waals surface area contributed by atoms with Crippen LogP contribution in [0.4, 0.5) is 4.39 Å². The molecule has 0 spiro atoms. The van der Waals surface area contributed by atoms with Gasteiger partial charge in [0.1, 0.15) is 5.82 Å². The van der Waals surface area contributed by atoms with E-state index < -0.39 is 0 Å². The molecule has 1 heterocycles. The van der Waals surface area contributed by atoms with E-state index in [0.717, 1.165) is 50.9 Å². The molecule has 1 aromatic rings. The first-order chi connectivity index (χ1) is 11.7. The van der Waals surface area contributed by atoms with E-state index in [1.54, 1.807) is 6.07 Å². The maximum absolute atomic E-state index is 13.6. The molecule has 1 atom stereocenters. The first-order valence-electron chi connectivity index (χ1n) is 8.78. The molecule has 0 amide bonds. The third-order valence-corrected chi connectivity index (χ3v) is 4.17. The van der Waals surface area contributed by atoms with Crippen LogP contribution < -0.4 is 10.6 Å². The molecule has 1 unspecified atom stereocenters. The number of guanidine groups is 1. The highest BCUT2D eigenvalue weighted by Crippen LogP contribution is 2.06. The van der Waals surface area contributed by atoms with Crippen LogP contribution in [-0.2, 0) is 11.2 Å². The Labute approximate surface area is 167 Å². The van der Waals surface area contributed by atoms with Gasteiger partial charge in [-0.1, -0.05) is 18.2 Å². The molecule has 5 nitrogen and oxygen atoms in total. The second kappa shape index (κ2) is 12.4. The molecule has 2 rings (SSSR count). The summed E-state index contributed by atoms with van der Waals surface area (Å²) in [6.07, 6.45) is 0.635. The van der Waals surface area contributed by atoms with Crippen molar-refractivity contribution in [2.45, 2.75) is 26.3 Å². The first kappa shape index (κ1) is 22.1. The van der Waals surface area contributed by atoms with Gasteiger partial charge in [0.15, 0.2) is 5.96 Å². The van der Waals surface area contributed by atoms with Gasteiger partial charge in [0.2, 0.25) is 0 Å². The number of hydrogen-bond donors (Lipinski definition) is 2. The lowest BCUT2D eigenvalue weighted by molar-refractivity contribution is 0.0220. The van der Waals surface area contributed by atoms with Gasteiger partial charge in [-0.05, 0) is 31.9 Å². The van der Waals surface area contributed by atoms with Crippen molar-refractivity contribution >= 4 is 29.9 Å². The minimum atomic E-state index is -0.151. The number of rotatable bonds is 7. The predicted octanol–water partition coefficient (Wildman–Crippen LogP) is 2.26. The molecule has 2 N–H and O–H groups in total. The van der Waals surface area contributed by atoms with Gasteiger partial charge in [-0.15, -0.1) is 24.0 Å². The smallest absolute Gasteiger partial charge is 0.191 e. The number of benzene rings is 1. The minimum absolute atomic E-state index is 0.